The number of carboxylic acids is 1. The second kappa shape index (κ2) is 3.73. The third-order valence-corrected chi connectivity index (χ3v) is 3.00. The van der Waals surface area contributed by atoms with Gasteiger partial charge in [-0.25, -0.2) is 9.78 Å². The first-order valence-corrected chi connectivity index (χ1v) is 5.52. The summed E-state index contributed by atoms with van der Waals surface area (Å²) in [5.74, 6) is -1.02. The zero-order valence-corrected chi connectivity index (χ0v) is 9.69. The molecule has 3 aromatic rings. The lowest BCUT2D eigenvalue weighted by Gasteiger charge is -2.07. The highest BCUT2D eigenvalue weighted by molar-refractivity contribution is 6.10. The number of aromatic nitrogens is 2. The fourth-order valence-corrected chi connectivity index (χ4v) is 2.14. The summed E-state index contributed by atoms with van der Waals surface area (Å²) in [4.78, 5) is 18.3. The molecular weight excluding hydrogens is 230 g/mol. The van der Waals surface area contributed by atoms with Crippen LogP contribution in [0.3, 0.4) is 0 Å². The molecule has 0 aliphatic carbocycles. The monoisotopic (exact) mass is 241 g/mol. The minimum absolute atomic E-state index is 0.0539. The molecule has 90 valence electrons. The normalized spacial score (nSPS) is 10.9. The number of carbonyl (C=O) groups is 1. The Hall–Kier alpha value is -2.56. The number of anilines is 1. The molecule has 0 radical (unpaired) electrons. The van der Waals surface area contributed by atoms with Crippen LogP contribution in [-0.4, -0.2) is 28.1 Å². The first-order valence-electron chi connectivity index (χ1n) is 5.52. The number of rotatable bonds is 2. The molecule has 0 fully saturated rings. The van der Waals surface area contributed by atoms with Gasteiger partial charge in [-0.2, -0.15) is 0 Å². The molecule has 0 saturated carbocycles. The first kappa shape index (κ1) is 10.6. The first-order chi connectivity index (χ1) is 8.70. The van der Waals surface area contributed by atoms with Crippen LogP contribution in [0, 0.1) is 0 Å². The van der Waals surface area contributed by atoms with Crippen molar-refractivity contribution < 1.29 is 9.90 Å². The van der Waals surface area contributed by atoms with Crippen LogP contribution < -0.4 is 5.32 Å². The Balaban J connectivity index is 2.47. The molecule has 1 aromatic carbocycles. The van der Waals surface area contributed by atoms with E-state index in [0.29, 0.717) is 5.52 Å². The van der Waals surface area contributed by atoms with E-state index in [-0.39, 0.29) is 5.69 Å². The molecule has 0 atom stereocenters. The van der Waals surface area contributed by atoms with Crippen LogP contribution in [0.5, 0.6) is 0 Å². The van der Waals surface area contributed by atoms with Crippen LogP contribution in [0.4, 0.5) is 5.69 Å². The Labute approximate surface area is 102 Å². The Bertz CT molecular complexity index is 761. The molecule has 18 heavy (non-hydrogen) atoms. The number of carboxylic acid groups (broad SMARTS) is 1. The van der Waals surface area contributed by atoms with Gasteiger partial charge in [-0.1, -0.05) is 0 Å². The molecule has 0 aliphatic heterocycles. The maximum atomic E-state index is 11.0. The van der Waals surface area contributed by atoms with Crippen LogP contribution >= 0.6 is 0 Å². The van der Waals surface area contributed by atoms with Crippen LogP contribution in [0.1, 0.15) is 10.5 Å². The number of aromatic carboxylic acids is 1. The zero-order chi connectivity index (χ0) is 12.7. The summed E-state index contributed by atoms with van der Waals surface area (Å²) in [6.07, 6.45) is 1.82. The molecule has 0 amide bonds. The van der Waals surface area contributed by atoms with Gasteiger partial charge in [0.1, 0.15) is 5.69 Å². The number of hydrogen-bond acceptors (Lipinski definition) is 3. The van der Waals surface area contributed by atoms with E-state index in [9.17, 15) is 4.79 Å². The predicted molar refractivity (Wildman–Crippen MR) is 70.1 cm³/mol. The smallest absolute Gasteiger partial charge is 0.354 e. The zero-order valence-electron chi connectivity index (χ0n) is 9.69. The maximum Gasteiger partial charge on any atom is 0.354 e. The van der Waals surface area contributed by atoms with Crippen molar-refractivity contribution in [2.75, 3.05) is 12.4 Å². The Kier molecular flexibility index (Phi) is 2.19. The highest BCUT2D eigenvalue weighted by atomic mass is 16.4. The number of fused-ring (bicyclic) bond motifs is 3. The molecule has 2 heterocycles. The van der Waals surface area contributed by atoms with E-state index in [0.717, 1.165) is 22.0 Å². The Morgan fingerprint density at radius 2 is 2.17 bits per heavy atom. The molecule has 3 N–H and O–H groups in total. The quantitative estimate of drug-likeness (QED) is 0.644. The van der Waals surface area contributed by atoms with E-state index < -0.39 is 5.97 Å². The highest BCUT2D eigenvalue weighted by Crippen LogP contribution is 2.30. The fraction of sp³-hybridized carbons (Fsp3) is 0.0769. The fourth-order valence-electron chi connectivity index (χ4n) is 2.14. The summed E-state index contributed by atoms with van der Waals surface area (Å²) in [6.45, 7) is 0. The van der Waals surface area contributed by atoms with Crippen molar-refractivity contribution in [1.29, 1.82) is 0 Å². The van der Waals surface area contributed by atoms with E-state index in [4.69, 9.17) is 5.11 Å². The number of nitrogens with zero attached hydrogens (tertiary/aromatic N) is 1. The molecule has 0 spiro atoms. The molecule has 0 bridgehead atoms. The second-order valence-electron chi connectivity index (χ2n) is 4.01. The predicted octanol–water partition coefficient (Wildman–Crippen LogP) is 2.46. The van der Waals surface area contributed by atoms with Crippen molar-refractivity contribution in [3.05, 3.63) is 36.2 Å². The standard InChI is InChI=1S/C13H11N3O2/c1-14-10-6-11-8(4-5-15-11)12-7(10)2-3-9(16-12)13(17)18/h2-6,14-15H,1H3,(H,17,18). The van der Waals surface area contributed by atoms with Gasteiger partial charge >= 0.3 is 5.97 Å². The lowest BCUT2D eigenvalue weighted by Crippen LogP contribution is -2.01. The Morgan fingerprint density at radius 3 is 2.89 bits per heavy atom. The third kappa shape index (κ3) is 1.41. The molecule has 5 heteroatoms. The summed E-state index contributed by atoms with van der Waals surface area (Å²) in [7, 11) is 1.83. The van der Waals surface area contributed by atoms with Gasteiger partial charge in [0.2, 0.25) is 0 Å². The average molecular weight is 241 g/mol. The number of pyridine rings is 1. The summed E-state index contributed by atoms with van der Waals surface area (Å²) in [6, 6.07) is 7.18. The lowest BCUT2D eigenvalue weighted by molar-refractivity contribution is 0.0691. The van der Waals surface area contributed by atoms with Gasteiger partial charge in [0, 0.05) is 35.2 Å². The van der Waals surface area contributed by atoms with Gasteiger partial charge in [-0.05, 0) is 24.3 Å². The summed E-state index contributed by atoms with van der Waals surface area (Å²) < 4.78 is 0. The Morgan fingerprint density at radius 1 is 1.33 bits per heavy atom. The number of aromatic amines is 1. The maximum absolute atomic E-state index is 11.0. The second-order valence-corrected chi connectivity index (χ2v) is 4.01. The van der Waals surface area contributed by atoms with E-state index in [1.54, 1.807) is 6.07 Å². The number of hydrogen-bond donors (Lipinski definition) is 3. The molecule has 5 nitrogen and oxygen atoms in total. The average Bonchev–Trinajstić information content (AvgIpc) is 2.85. The summed E-state index contributed by atoms with van der Waals surface area (Å²) in [5, 5.41) is 13.9. The van der Waals surface area contributed by atoms with Gasteiger partial charge in [0.25, 0.3) is 0 Å². The van der Waals surface area contributed by atoms with Gasteiger partial charge < -0.3 is 15.4 Å². The number of H-pyrrole nitrogens is 1. The molecule has 0 unspecified atom stereocenters. The van der Waals surface area contributed by atoms with E-state index in [1.807, 2.05) is 25.4 Å². The number of nitrogens with one attached hydrogen (secondary N) is 2. The minimum Gasteiger partial charge on any atom is -0.477 e. The largest absolute Gasteiger partial charge is 0.477 e. The topological polar surface area (TPSA) is 78.0 Å². The molecular formula is C13H11N3O2. The van der Waals surface area contributed by atoms with E-state index in [2.05, 4.69) is 15.3 Å². The van der Waals surface area contributed by atoms with Crippen LogP contribution in [0.2, 0.25) is 0 Å². The highest BCUT2D eigenvalue weighted by Gasteiger charge is 2.11. The molecule has 3 rings (SSSR count). The number of benzene rings is 1. The van der Waals surface area contributed by atoms with E-state index in [1.165, 1.54) is 6.07 Å². The van der Waals surface area contributed by atoms with Crippen LogP contribution in [0.15, 0.2) is 30.5 Å². The van der Waals surface area contributed by atoms with Gasteiger partial charge in [-0.3, -0.25) is 0 Å². The van der Waals surface area contributed by atoms with Crippen molar-refractivity contribution in [3.63, 3.8) is 0 Å². The minimum atomic E-state index is -1.02. The molecule has 0 saturated heterocycles. The van der Waals surface area contributed by atoms with Crippen LogP contribution in [0.25, 0.3) is 21.8 Å². The van der Waals surface area contributed by atoms with Gasteiger partial charge in [0.05, 0.1) is 5.52 Å². The van der Waals surface area contributed by atoms with Crippen LogP contribution in [-0.2, 0) is 0 Å². The van der Waals surface area contributed by atoms with Gasteiger partial charge in [0.15, 0.2) is 0 Å². The molecule has 0 aliphatic rings. The van der Waals surface area contributed by atoms with Crippen molar-refractivity contribution in [2.24, 2.45) is 0 Å². The van der Waals surface area contributed by atoms with Crippen molar-refractivity contribution in [2.45, 2.75) is 0 Å². The van der Waals surface area contributed by atoms with Crippen molar-refractivity contribution in [1.82, 2.24) is 9.97 Å². The third-order valence-electron chi connectivity index (χ3n) is 3.00. The molecule has 2 aromatic heterocycles. The van der Waals surface area contributed by atoms with Crippen molar-refractivity contribution >= 4 is 33.5 Å². The van der Waals surface area contributed by atoms with Crippen molar-refractivity contribution in [3.8, 4) is 0 Å². The van der Waals surface area contributed by atoms with Gasteiger partial charge in [-0.15, -0.1) is 0 Å². The lowest BCUT2D eigenvalue weighted by atomic mass is 10.1. The SMILES string of the molecule is CNc1cc2[nH]ccc2c2nc(C(=O)O)ccc12. The summed E-state index contributed by atoms with van der Waals surface area (Å²) in [5.41, 5.74) is 2.60. The summed E-state index contributed by atoms with van der Waals surface area (Å²) >= 11 is 0. The van der Waals surface area contributed by atoms with E-state index >= 15 is 0 Å².